The van der Waals surface area contributed by atoms with Crippen LogP contribution in [0.25, 0.3) is 5.52 Å². The highest BCUT2D eigenvalue weighted by molar-refractivity contribution is 6.00. The number of carbonyl (C=O) groups is 2. The molecule has 11 heteroatoms. The number of hydrogen-bond acceptors (Lipinski definition) is 8. The summed E-state index contributed by atoms with van der Waals surface area (Å²) in [5, 5.41) is 24.9. The van der Waals surface area contributed by atoms with Gasteiger partial charge < -0.3 is 25.6 Å². The molecule has 0 saturated heterocycles. The van der Waals surface area contributed by atoms with Crippen LogP contribution >= 0.6 is 0 Å². The summed E-state index contributed by atoms with van der Waals surface area (Å²) < 4.78 is 13.0. The first-order valence-corrected chi connectivity index (χ1v) is 11.5. The van der Waals surface area contributed by atoms with Crippen LogP contribution in [0.1, 0.15) is 60.2 Å². The second kappa shape index (κ2) is 8.49. The Morgan fingerprint density at radius 3 is 2.71 bits per heavy atom. The molecule has 2 fully saturated rings. The van der Waals surface area contributed by atoms with Crippen LogP contribution in [0.3, 0.4) is 0 Å². The van der Waals surface area contributed by atoms with Gasteiger partial charge in [0.25, 0.3) is 11.8 Å². The Labute approximate surface area is 201 Å². The van der Waals surface area contributed by atoms with Crippen LogP contribution in [-0.2, 0) is 0 Å². The van der Waals surface area contributed by atoms with E-state index < -0.39 is 11.5 Å². The Morgan fingerprint density at radius 2 is 2.00 bits per heavy atom. The molecule has 184 valence electrons. The number of ether oxygens (including phenoxy) is 2. The van der Waals surface area contributed by atoms with Crippen molar-refractivity contribution in [2.45, 2.75) is 57.3 Å². The Balaban J connectivity index is 1.13. The van der Waals surface area contributed by atoms with Crippen LogP contribution in [0, 0.1) is 5.41 Å². The third-order valence-corrected chi connectivity index (χ3v) is 6.57. The number of carbonyl (C=O) groups excluding carboxylic acids is 2. The number of nitrogens with two attached hydrogens (primary N) is 1. The highest BCUT2D eigenvalue weighted by atomic mass is 16.5. The number of nitrogens with one attached hydrogen (secondary N) is 1. The summed E-state index contributed by atoms with van der Waals surface area (Å²) >= 11 is 0. The van der Waals surface area contributed by atoms with Gasteiger partial charge in [0.2, 0.25) is 5.88 Å². The van der Waals surface area contributed by atoms with Gasteiger partial charge in [-0.2, -0.15) is 10.2 Å². The Hall–Kier alpha value is -3.73. The fourth-order valence-corrected chi connectivity index (χ4v) is 4.91. The maximum Gasteiger partial charge on any atom is 0.255 e. The van der Waals surface area contributed by atoms with Gasteiger partial charge in [-0.1, -0.05) is 0 Å². The van der Waals surface area contributed by atoms with Crippen molar-refractivity contribution in [1.29, 1.82) is 0 Å². The number of rotatable bonds is 8. The molecule has 11 nitrogen and oxygen atoms in total. The third-order valence-electron chi connectivity index (χ3n) is 6.57. The molecule has 35 heavy (non-hydrogen) atoms. The van der Waals surface area contributed by atoms with E-state index in [1.54, 1.807) is 42.9 Å². The first kappa shape index (κ1) is 23.0. The molecule has 2 aliphatic rings. The summed E-state index contributed by atoms with van der Waals surface area (Å²) in [6.07, 6.45) is 7.99. The van der Waals surface area contributed by atoms with Gasteiger partial charge in [-0.05, 0) is 63.1 Å². The van der Waals surface area contributed by atoms with E-state index in [0.29, 0.717) is 16.8 Å². The van der Waals surface area contributed by atoms with Gasteiger partial charge in [0.05, 0.1) is 35.3 Å². The molecule has 2 aliphatic carbocycles. The quantitative estimate of drug-likeness (QED) is 0.438. The number of aliphatic hydroxyl groups is 1. The fourth-order valence-electron chi connectivity index (χ4n) is 4.91. The Kier molecular flexibility index (Phi) is 5.59. The van der Waals surface area contributed by atoms with Gasteiger partial charge >= 0.3 is 0 Å². The predicted molar refractivity (Wildman–Crippen MR) is 124 cm³/mol. The third kappa shape index (κ3) is 4.76. The largest absolute Gasteiger partial charge is 0.489 e. The predicted octanol–water partition coefficient (Wildman–Crippen LogP) is 1.49. The molecular formula is C24H28N6O5. The monoisotopic (exact) mass is 480 g/mol. The van der Waals surface area contributed by atoms with Gasteiger partial charge in [-0.3, -0.25) is 9.59 Å². The number of primary amides is 1. The lowest BCUT2D eigenvalue weighted by Gasteiger charge is -2.57. The summed E-state index contributed by atoms with van der Waals surface area (Å²) in [5.74, 6) is -0.0313. The van der Waals surface area contributed by atoms with Crippen LogP contribution in [-0.4, -0.2) is 61.1 Å². The van der Waals surface area contributed by atoms with E-state index >= 15 is 0 Å². The van der Waals surface area contributed by atoms with Gasteiger partial charge in [-0.25, -0.2) is 4.52 Å². The molecule has 4 N–H and O–H groups in total. The van der Waals surface area contributed by atoms with Crippen LogP contribution in [0.2, 0.25) is 0 Å². The van der Waals surface area contributed by atoms with Crippen LogP contribution in [0.5, 0.6) is 11.6 Å². The highest BCUT2D eigenvalue weighted by Crippen LogP contribution is 2.56. The average Bonchev–Trinajstić information content (AvgIpc) is 3.17. The molecule has 2 saturated carbocycles. The fraction of sp³-hybridized carbons (Fsp3) is 0.458. The maximum atomic E-state index is 12.9. The van der Waals surface area contributed by atoms with Crippen LogP contribution in [0.4, 0.5) is 0 Å². The van der Waals surface area contributed by atoms with Gasteiger partial charge in [0, 0.05) is 6.04 Å². The molecule has 3 aromatic heterocycles. The molecular weight excluding hydrogens is 452 g/mol. The van der Waals surface area contributed by atoms with Crippen molar-refractivity contribution in [2.75, 3.05) is 6.61 Å². The molecule has 0 unspecified atom stereocenters. The summed E-state index contributed by atoms with van der Waals surface area (Å²) in [5.41, 5.74) is 5.97. The molecule has 0 radical (unpaired) electrons. The van der Waals surface area contributed by atoms with E-state index in [1.807, 2.05) is 0 Å². The lowest BCUT2D eigenvalue weighted by molar-refractivity contribution is -0.0850. The molecule has 0 bridgehead atoms. The summed E-state index contributed by atoms with van der Waals surface area (Å²) in [6.45, 7) is 3.48. The smallest absolute Gasteiger partial charge is 0.255 e. The highest BCUT2D eigenvalue weighted by Gasteiger charge is 2.54. The zero-order chi connectivity index (χ0) is 24.8. The Bertz CT molecular complexity index is 1270. The van der Waals surface area contributed by atoms with E-state index in [2.05, 4.69) is 20.6 Å². The molecule has 3 heterocycles. The van der Waals surface area contributed by atoms with Gasteiger partial charge in [0.1, 0.15) is 24.0 Å². The molecule has 0 aliphatic heterocycles. The normalized spacial score (nSPS) is 23.4. The average molecular weight is 481 g/mol. The SMILES string of the molecule is CC(C)(O)COc1ccc2c(C(=O)NC3CC4(C3)CC(Oc3nnccc3C(N)=O)C4)cnn2c1. The molecule has 2 amide bonds. The molecule has 0 aromatic carbocycles. The summed E-state index contributed by atoms with van der Waals surface area (Å²) in [4.78, 5) is 24.4. The van der Waals surface area contributed by atoms with E-state index in [0.717, 1.165) is 25.7 Å². The minimum absolute atomic E-state index is 0.0473. The van der Waals surface area contributed by atoms with E-state index in [4.69, 9.17) is 15.2 Å². The van der Waals surface area contributed by atoms with Crippen LogP contribution in [0.15, 0.2) is 36.8 Å². The van der Waals surface area contributed by atoms with Gasteiger partial charge in [-0.15, -0.1) is 5.10 Å². The molecule has 0 atom stereocenters. The number of amides is 2. The second-order valence-electron chi connectivity index (χ2n) is 10.2. The zero-order valence-corrected chi connectivity index (χ0v) is 19.6. The maximum absolute atomic E-state index is 12.9. The van der Waals surface area contributed by atoms with Gasteiger partial charge in [0.15, 0.2) is 0 Å². The van der Waals surface area contributed by atoms with Crippen molar-refractivity contribution in [3.63, 3.8) is 0 Å². The van der Waals surface area contributed by atoms with Crippen molar-refractivity contribution >= 4 is 17.3 Å². The lowest BCUT2D eigenvalue weighted by Crippen LogP contribution is -2.58. The van der Waals surface area contributed by atoms with Crippen molar-refractivity contribution in [3.05, 3.63) is 47.9 Å². The first-order chi connectivity index (χ1) is 16.6. The first-order valence-electron chi connectivity index (χ1n) is 11.5. The lowest BCUT2D eigenvalue weighted by atomic mass is 9.53. The number of fused-ring (bicyclic) bond motifs is 1. The van der Waals surface area contributed by atoms with E-state index in [-0.39, 0.29) is 41.5 Å². The standard InChI is InChI=1S/C24H28N6O5/c1-23(2,33)13-34-15-3-4-19-18(11-27-30(19)12-15)21(32)28-14-7-24(8-14)9-16(10-24)35-22-17(20(25)31)5-6-26-29-22/h3-6,11-12,14,16,33H,7-10,13H2,1-2H3,(H2,25,31)(H,28,32). The molecule has 1 spiro atoms. The number of pyridine rings is 1. The molecule has 5 rings (SSSR count). The molecule has 3 aromatic rings. The van der Waals surface area contributed by atoms with Crippen LogP contribution < -0.4 is 20.5 Å². The van der Waals surface area contributed by atoms with E-state index in [9.17, 15) is 14.7 Å². The topological polar surface area (TPSA) is 154 Å². The number of nitrogens with zero attached hydrogens (tertiary/aromatic N) is 4. The van der Waals surface area contributed by atoms with Crippen molar-refractivity contribution in [3.8, 4) is 11.6 Å². The zero-order valence-electron chi connectivity index (χ0n) is 19.6. The summed E-state index contributed by atoms with van der Waals surface area (Å²) in [6, 6.07) is 5.13. The number of hydrogen-bond donors (Lipinski definition) is 3. The number of aromatic nitrogens is 4. The summed E-state index contributed by atoms with van der Waals surface area (Å²) in [7, 11) is 0. The van der Waals surface area contributed by atoms with Crippen molar-refractivity contribution < 1.29 is 24.2 Å². The second-order valence-corrected chi connectivity index (χ2v) is 10.2. The van der Waals surface area contributed by atoms with Crippen molar-refractivity contribution in [1.82, 2.24) is 25.1 Å². The van der Waals surface area contributed by atoms with Crippen molar-refractivity contribution in [2.24, 2.45) is 11.1 Å². The van der Waals surface area contributed by atoms with E-state index in [1.165, 1.54) is 12.3 Å². The minimum Gasteiger partial charge on any atom is -0.489 e. The minimum atomic E-state index is -0.946. The Morgan fingerprint density at radius 1 is 1.23 bits per heavy atom.